The third-order valence-corrected chi connectivity index (χ3v) is 4.78. The van der Waals surface area contributed by atoms with Gasteiger partial charge >= 0.3 is 88.7 Å². The van der Waals surface area contributed by atoms with Crippen molar-refractivity contribution in [2.24, 2.45) is 0 Å². The monoisotopic (exact) mass is 293 g/mol. The second-order valence-corrected chi connectivity index (χ2v) is 5.89. The van der Waals surface area contributed by atoms with Crippen LogP contribution in [0.25, 0.3) is 0 Å². The molecule has 1 aliphatic carbocycles. The number of halogens is 2. The second kappa shape index (κ2) is 7.86. The fourth-order valence-electron chi connectivity index (χ4n) is 1.47. The molecule has 1 nitrogen and oxygen atoms in total. The van der Waals surface area contributed by atoms with Crippen LogP contribution in [0.2, 0.25) is 0 Å². The van der Waals surface area contributed by atoms with Crippen LogP contribution in [0.1, 0.15) is 12.0 Å². The Morgan fingerprint density at radius 3 is 2.38 bits per heavy atom. The van der Waals surface area contributed by atoms with Gasteiger partial charge in [-0.25, -0.2) is 0 Å². The summed E-state index contributed by atoms with van der Waals surface area (Å²) in [5, 5.41) is 0.751. The molecule has 85 valence electrons. The van der Waals surface area contributed by atoms with Crippen molar-refractivity contribution in [2.75, 3.05) is 0 Å². The van der Waals surface area contributed by atoms with Crippen LogP contribution in [0.5, 0.6) is 0 Å². The molecule has 2 rings (SSSR count). The van der Waals surface area contributed by atoms with Gasteiger partial charge in [-0.05, 0) is 0 Å². The molecule has 0 heterocycles. The van der Waals surface area contributed by atoms with Crippen LogP contribution in [-0.4, -0.2) is 0 Å². The maximum atomic E-state index is 11.9. The van der Waals surface area contributed by atoms with Crippen LogP contribution in [0.3, 0.4) is 0 Å². The van der Waals surface area contributed by atoms with Gasteiger partial charge in [0.15, 0.2) is 0 Å². The Labute approximate surface area is 113 Å². The number of hydrogen-bond donors (Lipinski definition) is 0. The summed E-state index contributed by atoms with van der Waals surface area (Å²) in [5.41, 5.74) is 1.19. The van der Waals surface area contributed by atoms with E-state index in [9.17, 15) is 3.67 Å². The molecule has 0 bridgehead atoms. The molecule has 0 saturated carbocycles. The summed E-state index contributed by atoms with van der Waals surface area (Å²) >= 11 is -2.00. The average molecular weight is 294 g/mol. The molecule has 0 aromatic heterocycles. The van der Waals surface area contributed by atoms with Crippen LogP contribution in [0, 0.1) is 0 Å². The van der Waals surface area contributed by atoms with E-state index >= 15 is 0 Å². The topological polar surface area (TPSA) is 17.1 Å². The van der Waals surface area contributed by atoms with Gasteiger partial charge in [0.2, 0.25) is 0 Å². The standard InChI is InChI=1S/C7H7.C5H5.2ClH.O.V/c1-7-5-3-2-4-6-7;1-2-4-5-3-1;;;;/h2-6H,1H2;1-3H,4H2;2*1H;;/q;;;;;+2/p-2. The number of benzene rings is 1. The summed E-state index contributed by atoms with van der Waals surface area (Å²) in [6.07, 6.45) is 6.98. The first kappa shape index (κ1) is 15.7. The Morgan fingerprint density at radius 1 is 1.12 bits per heavy atom. The van der Waals surface area contributed by atoms with Crippen molar-refractivity contribution in [3.63, 3.8) is 0 Å². The first-order chi connectivity index (χ1) is 6.86. The molecule has 0 unspecified atom stereocenters. The molecule has 0 radical (unpaired) electrons. The molecule has 0 amide bonds. The second-order valence-electron chi connectivity index (χ2n) is 3.31. The number of rotatable bonds is 3. The van der Waals surface area contributed by atoms with Gasteiger partial charge in [0.1, 0.15) is 0 Å². The molecule has 0 spiro atoms. The first-order valence-electron chi connectivity index (χ1n) is 4.70. The van der Waals surface area contributed by atoms with E-state index < -0.39 is 15.1 Å². The summed E-state index contributed by atoms with van der Waals surface area (Å²) in [4.78, 5) is 0. The van der Waals surface area contributed by atoms with Crippen molar-refractivity contribution in [3.8, 4) is 0 Å². The molecular formula is C12H12Cl2OV. The van der Waals surface area contributed by atoms with Crippen molar-refractivity contribution in [2.45, 2.75) is 11.6 Å². The van der Waals surface area contributed by atoms with Crippen LogP contribution in [-0.2, 0) is 23.9 Å². The molecular weight excluding hydrogens is 282 g/mol. The molecule has 1 aliphatic rings. The maximum absolute atomic E-state index is 11.9. The van der Waals surface area contributed by atoms with Crippen molar-refractivity contribution in [1.82, 2.24) is 0 Å². The van der Waals surface area contributed by atoms with Crippen LogP contribution in [0.15, 0.2) is 52.8 Å². The fourth-order valence-corrected chi connectivity index (χ4v) is 3.51. The Bertz CT molecular complexity index is 399. The summed E-state index contributed by atoms with van der Waals surface area (Å²) in [7, 11) is 0. The predicted octanol–water partition coefficient (Wildman–Crippen LogP) is -3.00. The SMILES string of the molecule is [Cl-].[Cl-].[O]=[V+2]([CH2]c1ccccc1)[C]1=CC=CC1. The van der Waals surface area contributed by atoms with E-state index in [-0.39, 0.29) is 24.8 Å². The predicted molar refractivity (Wildman–Crippen MR) is 52.7 cm³/mol. The molecule has 4 heteroatoms. The zero-order chi connectivity index (χ0) is 9.80. The van der Waals surface area contributed by atoms with Crippen molar-refractivity contribution in [3.05, 3.63) is 58.4 Å². The molecule has 0 atom stereocenters. The molecule has 0 aliphatic heterocycles. The normalized spacial score (nSPS) is 12.4. The third-order valence-electron chi connectivity index (χ3n) is 2.24. The molecule has 1 aromatic rings. The molecule has 16 heavy (non-hydrogen) atoms. The van der Waals surface area contributed by atoms with E-state index in [2.05, 4.69) is 6.08 Å². The van der Waals surface area contributed by atoms with Gasteiger partial charge < -0.3 is 24.8 Å². The molecule has 0 saturated heterocycles. The quantitative estimate of drug-likeness (QED) is 0.581. The van der Waals surface area contributed by atoms with Gasteiger partial charge in [-0.15, -0.1) is 0 Å². The van der Waals surface area contributed by atoms with Gasteiger partial charge in [0.25, 0.3) is 0 Å². The first-order valence-corrected chi connectivity index (χ1v) is 6.96. The fraction of sp³-hybridized carbons (Fsp3) is 0.167. The Hall–Kier alpha value is -0.336. The van der Waals surface area contributed by atoms with Crippen molar-refractivity contribution in [1.29, 1.82) is 0 Å². The van der Waals surface area contributed by atoms with Crippen molar-refractivity contribution >= 4 is 0 Å². The Morgan fingerprint density at radius 2 is 1.81 bits per heavy atom. The minimum atomic E-state index is -2.00. The van der Waals surface area contributed by atoms with Gasteiger partial charge in [-0.3, -0.25) is 0 Å². The zero-order valence-electron chi connectivity index (χ0n) is 8.64. The van der Waals surface area contributed by atoms with Crippen LogP contribution in [0.4, 0.5) is 0 Å². The average Bonchev–Trinajstić information content (AvgIpc) is 2.72. The van der Waals surface area contributed by atoms with Crippen LogP contribution >= 0.6 is 0 Å². The van der Waals surface area contributed by atoms with E-state index in [0.717, 1.165) is 15.8 Å². The molecule has 0 fully saturated rings. The Balaban J connectivity index is 0.00000112. The molecule has 1 aromatic carbocycles. The van der Waals surface area contributed by atoms with Gasteiger partial charge in [0.05, 0.1) is 0 Å². The summed E-state index contributed by atoms with van der Waals surface area (Å²) in [5.74, 6) is 0. The summed E-state index contributed by atoms with van der Waals surface area (Å²) in [6, 6.07) is 10.1. The van der Waals surface area contributed by atoms with Gasteiger partial charge in [-0.2, -0.15) is 0 Å². The minimum absolute atomic E-state index is 0. The summed E-state index contributed by atoms with van der Waals surface area (Å²) in [6.45, 7) is 0. The Kier molecular flexibility index (Phi) is 7.70. The summed E-state index contributed by atoms with van der Waals surface area (Å²) < 4.78 is 13.1. The van der Waals surface area contributed by atoms with Gasteiger partial charge in [-0.1, -0.05) is 0 Å². The third kappa shape index (κ3) is 4.27. The van der Waals surface area contributed by atoms with E-state index in [1.165, 1.54) is 5.56 Å². The van der Waals surface area contributed by atoms with Crippen molar-refractivity contribution < 1.29 is 43.6 Å². The molecule has 0 N–H and O–H groups in total. The van der Waals surface area contributed by atoms with Gasteiger partial charge in [0, 0.05) is 0 Å². The number of allylic oxidation sites excluding steroid dienone is 4. The van der Waals surface area contributed by atoms with E-state index in [0.29, 0.717) is 0 Å². The van der Waals surface area contributed by atoms with E-state index in [1.54, 1.807) is 0 Å². The van der Waals surface area contributed by atoms with E-state index in [4.69, 9.17) is 0 Å². The van der Waals surface area contributed by atoms with E-state index in [1.807, 2.05) is 42.5 Å². The van der Waals surface area contributed by atoms with Crippen LogP contribution < -0.4 is 24.8 Å². The zero-order valence-corrected chi connectivity index (χ0v) is 11.6. The number of hydrogen-bond acceptors (Lipinski definition) is 1.